The van der Waals surface area contributed by atoms with Gasteiger partial charge in [-0.15, -0.1) is 17.9 Å². The summed E-state index contributed by atoms with van der Waals surface area (Å²) in [7, 11) is 0. The van der Waals surface area contributed by atoms with Crippen LogP contribution in [0.4, 0.5) is 20.4 Å². The molecule has 2 aromatic carbocycles. The van der Waals surface area contributed by atoms with Crippen LogP contribution in [-0.4, -0.2) is 38.9 Å². The molecular weight excluding hydrogens is 544 g/mol. The number of hydrogen-bond acceptors (Lipinski definition) is 5. The van der Waals surface area contributed by atoms with Crippen LogP contribution in [0.25, 0.3) is 16.7 Å². The Labute approximate surface area is 242 Å². The van der Waals surface area contributed by atoms with E-state index >= 15 is 0 Å². The van der Waals surface area contributed by atoms with Crippen LogP contribution >= 0.6 is 11.3 Å². The van der Waals surface area contributed by atoms with E-state index in [4.69, 9.17) is 4.98 Å². The van der Waals surface area contributed by atoms with E-state index in [-0.39, 0.29) is 33.1 Å². The van der Waals surface area contributed by atoms with Gasteiger partial charge in [-0.3, -0.25) is 19.5 Å². The third-order valence-electron chi connectivity index (χ3n) is 7.04. The summed E-state index contributed by atoms with van der Waals surface area (Å²) >= 11 is 0.749. The molecule has 2 amide bonds. The molecule has 0 aliphatic heterocycles. The molecular formula is C31H35F2N5O2S. The molecule has 216 valence electrons. The minimum absolute atomic E-state index is 0.00200. The maximum atomic E-state index is 13.1. The van der Waals surface area contributed by atoms with Crippen molar-refractivity contribution in [2.45, 2.75) is 53.6 Å². The Balaban J connectivity index is 1.77. The highest BCUT2D eigenvalue weighted by Crippen LogP contribution is 2.31. The first-order valence-corrected chi connectivity index (χ1v) is 14.1. The Morgan fingerprint density at radius 3 is 2.54 bits per heavy atom. The molecule has 4 rings (SSSR count). The number of imidazole rings is 1. The number of fused-ring (bicyclic) bond motifs is 1. The molecule has 1 atom stereocenters. The van der Waals surface area contributed by atoms with E-state index in [9.17, 15) is 18.4 Å². The number of alkyl halides is 2. The van der Waals surface area contributed by atoms with Gasteiger partial charge in [-0.25, -0.2) is 13.8 Å². The largest absolute Gasteiger partial charge is 0.382 e. The minimum atomic E-state index is -2.65. The summed E-state index contributed by atoms with van der Waals surface area (Å²) in [6.07, 6.45) is -0.891. The second-order valence-corrected chi connectivity index (χ2v) is 12.1. The summed E-state index contributed by atoms with van der Waals surface area (Å²) in [5, 5.41) is 6.09. The second kappa shape index (κ2) is 12.2. The molecule has 0 radical (unpaired) electrons. The summed E-state index contributed by atoms with van der Waals surface area (Å²) in [6, 6.07) is 16.1. The predicted molar refractivity (Wildman–Crippen MR) is 162 cm³/mol. The van der Waals surface area contributed by atoms with Crippen LogP contribution in [0.3, 0.4) is 0 Å². The lowest BCUT2D eigenvalue weighted by Crippen LogP contribution is -2.44. The van der Waals surface area contributed by atoms with Crippen LogP contribution in [0.1, 0.15) is 61.2 Å². The summed E-state index contributed by atoms with van der Waals surface area (Å²) in [5.41, 5.74) is 3.75. The fourth-order valence-electron chi connectivity index (χ4n) is 4.45. The van der Waals surface area contributed by atoms with Crippen molar-refractivity contribution in [2.24, 2.45) is 5.41 Å². The van der Waals surface area contributed by atoms with Crippen molar-refractivity contribution in [3.8, 4) is 5.69 Å². The molecule has 41 heavy (non-hydrogen) atoms. The summed E-state index contributed by atoms with van der Waals surface area (Å²) in [6.45, 7) is 14.6. The number of carbonyl (C=O) groups is 2. The lowest BCUT2D eigenvalue weighted by atomic mass is 9.86. The average molecular weight is 580 g/mol. The number of amides is 2. The molecule has 2 heterocycles. The van der Waals surface area contributed by atoms with E-state index in [1.165, 1.54) is 12.1 Å². The normalized spacial score (nSPS) is 12.4. The van der Waals surface area contributed by atoms with E-state index in [1.54, 1.807) is 13.0 Å². The molecule has 2 N–H and O–H groups in total. The van der Waals surface area contributed by atoms with Gasteiger partial charge in [-0.05, 0) is 60.4 Å². The Morgan fingerprint density at radius 2 is 1.90 bits per heavy atom. The van der Waals surface area contributed by atoms with E-state index < -0.39 is 12.3 Å². The predicted octanol–water partition coefficient (Wildman–Crippen LogP) is 7.66. The maximum Gasteiger partial charge on any atom is 0.272 e. The number of carbonyl (C=O) groups excluding carboxylic acids is 2. The van der Waals surface area contributed by atoms with Crippen molar-refractivity contribution in [2.75, 3.05) is 17.2 Å². The average Bonchev–Trinajstić information content (AvgIpc) is 3.55. The minimum Gasteiger partial charge on any atom is -0.382 e. The highest BCUT2D eigenvalue weighted by atomic mass is 32.1. The first-order valence-electron chi connectivity index (χ1n) is 13.3. The standard InChI is InChI=1S/C31H35F2N5O2S/c1-7-15-34-22-9-8-10-23(17-22)38-25-12-11-21(18-37(20(3)39)19(2)31(4,5)6)16-24(25)35-30(38)36-29(40)27-14-13-26(41-27)28(32)33/h7-14,16-17,19,28,34H,1,15,18H2,2-6H3,(H,35,36,40)/t19-/m0/s1. The second-order valence-electron chi connectivity index (χ2n) is 11.0. The number of nitrogens with zero attached hydrogens (tertiary/aromatic N) is 3. The van der Waals surface area contributed by atoms with Crippen molar-refractivity contribution in [3.63, 3.8) is 0 Å². The lowest BCUT2D eigenvalue weighted by molar-refractivity contribution is -0.133. The van der Waals surface area contributed by atoms with Crippen molar-refractivity contribution in [3.05, 3.63) is 82.6 Å². The maximum absolute atomic E-state index is 13.1. The first-order chi connectivity index (χ1) is 19.4. The number of rotatable bonds is 10. The highest BCUT2D eigenvalue weighted by molar-refractivity contribution is 7.14. The van der Waals surface area contributed by atoms with Gasteiger partial charge in [0.1, 0.15) is 0 Å². The van der Waals surface area contributed by atoms with Crippen LogP contribution in [0.5, 0.6) is 0 Å². The molecule has 0 aliphatic rings. The number of hydrogen-bond donors (Lipinski definition) is 2. The number of nitrogens with one attached hydrogen (secondary N) is 2. The van der Waals surface area contributed by atoms with Crippen LogP contribution in [-0.2, 0) is 11.3 Å². The number of halogens is 2. The zero-order valence-electron chi connectivity index (χ0n) is 23.9. The topological polar surface area (TPSA) is 79.3 Å². The fourth-order valence-corrected chi connectivity index (χ4v) is 5.21. The molecule has 0 bridgehead atoms. The molecule has 2 aromatic heterocycles. The van der Waals surface area contributed by atoms with Gasteiger partial charge in [0.05, 0.1) is 26.5 Å². The smallest absolute Gasteiger partial charge is 0.272 e. The Hall–Kier alpha value is -4.05. The number of benzene rings is 2. The molecule has 4 aromatic rings. The molecule has 0 fully saturated rings. The number of anilines is 2. The van der Waals surface area contributed by atoms with Gasteiger partial charge in [0.25, 0.3) is 12.3 Å². The van der Waals surface area contributed by atoms with Crippen molar-refractivity contribution >= 4 is 45.8 Å². The van der Waals surface area contributed by atoms with Gasteiger partial charge in [0.2, 0.25) is 11.9 Å². The van der Waals surface area contributed by atoms with E-state index in [0.29, 0.717) is 18.6 Å². The van der Waals surface area contributed by atoms with Gasteiger partial charge in [-0.2, -0.15) is 0 Å². The molecule has 7 nitrogen and oxygen atoms in total. The quantitative estimate of drug-likeness (QED) is 0.189. The van der Waals surface area contributed by atoms with Gasteiger partial charge in [0, 0.05) is 31.7 Å². The van der Waals surface area contributed by atoms with Gasteiger partial charge in [-0.1, -0.05) is 39.0 Å². The Morgan fingerprint density at radius 1 is 1.15 bits per heavy atom. The third-order valence-corrected chi connectivity index (χ3v) is 8.13. The summed E-state index contributed by atoms with van der Waals surface area (Å²) in [4.78, 5) is 32.2. The Kier molecular flexibility index (Phi) is 8.92. The van der Waals surface area contributed by atoms with Crippen molar-refractivity contribution in [1.82, 2.24) is 14.5 Å². The fraction of sp³-hybridized carbons (Fsp3) is 0.323. The monoisotopic (exact) mass is 579 g/mol. The molecule has 10 heteroatoms. The SMILES string of the molecule is C=CCNc1cccc(-n2c(NC(=O)c3ccc(C(F)F)s3)nc3cc(CN(C(C)=O)[C@@H](C)C(C)(C)C)ccc32)c1. The van der Waals surface area contributed by atoms with Crippen LogP contribution in [0, 0.1) is 5.41 Å². The number of thiophene rings is 1. The molecule has 0 aliphatic carbocycles. The van der Waals surface area contributed by atoms with Gasteiger partial charge >= 0.3 is 0 Å². The Bertz CT molecular complexity index is 1570. The van der Waals surface area contributed by atoms with E-state index in [1.807, 2.05) is 58.9 Å². The van der Waals surface area contributed by atoms with E-state index in [0.717, 1.165) is 33.8 Å². The van der Waals surface area contributed by atoms with E-state index in [2.05, 4.69) is 38.0 Å². The third kappa shape index (κ3) is 6.82. The summed E-state index contributed by atoms with van der Waals surface area (Å²) < 4.78 is 28.1. The van der Waals surface area contributed by atoms with Gasteiger partial charge < -0.3 is 10.2 Å². The number of aromatic nitrogens is 2. The molecule has 0 unspecified atom stereocenters. The van der Waals surface area contributed by atoms with Crippen LogP contribution in [0.15, 0.2) is 67.3 Å². The van der Waals surface area contributed by atoms with Crippen LogP contribution < -0.4 is 10.6 Å². The lowest BCUT2D eigenvalue weighted by Gasteiger charge is -2.37. The first kappa shape index (κ1) is 29.9. The van der Waals surface area contributed by atoms with Crippen molar-refractivity contribution in [1.29, 1.82) is 0 Å². The molecule has 0 saturated carbocycles. The zero-order valence-corrected chi connectivity index (χ0v) is 24.7. The molecule has 0 spiro atoms. The van der Waals surface area contributed by atoms with Crippen LogP contribution in [0.2, 0.25) is 0 Å². The zero-order chi connectivity index (χ0) is 29.9. The van der Waals surface area contributed by atoms with Crippen molar-refractivity contribution < 1.29 is 18.4 Å². The summed E-state index contributed by atoms with van der Waals surface area (Å²) in [5.74, 6) is -0.295. The highest BCUT2D eigenvalue weighted by Gasteiger charge is 2.28. The van der Waals surface area contributed by atoms with Gasteiger partial charge in [0.15, 0.2) is 0 Å². The molecule has 0 saturated heterocycles.